The molecule has 242 valence electrons. The standard InChI is InChI=1S/C33H45N7O5/c1-32(2,3)45-31(42)40-18-17-38(20-25(40)19-34-5)28-26-13-16-39(30(41)43-22-24-11-8-7-9-12-24)21-27(26)35-29(36-28)44-23-33(4)14-10-15-37(33)6/h7-9,11-12,25H,10,13-23H2,1-4,6H3/t25-,33?/m0/s1. The average molecular weight is 620 g/mol. The maximum Gasteiger partial charge on any atom is 0.410 e. The largest absolute Gasteiger partial charge is 0.461 e. The summed E-state index contributed by atoms with van der Waals surface area (Å²) in [7, 11) is 2.11. The lowest BCUT2D eigenvalue weighted by molar-refractivity contribution is 0.0155. The second-order valence-electron chi connectivity index (χ2n) is 13.4. The highest BCUT2D eigenvalue weighted by atomic mass is 16.6. The summed E-state index contributed by atoms with van der Waals surface area (Å²) in [5.41, 5.74) is 1.85. The number of rotatable bonds is 7. The molecule has 2 aromatic rings. The maximum atomic E-state index is 13.1. The van der Waals surface area contributed by atoms with Crippen LogP contribution in [-0.4, -0.2) is 107 Å². The number of aromatic nitrogens is 2. The minimum Gasteiger partial charge on any atom is -0.461 e. The molecule has 12 nitrogen and oxygen atoms in total. The molecule has 0 saturated carbocycles. The van der Waals surface area contributed by atoms with Crippen molar-refractivity contribution in [1.82, 2.24) is 24.7 Å². The third kappa shape index (κ3) is 7.76. The van der Waals surface area contributed by atoms with Crippen molar-refractivity contribution in [3.63, 3.8) is 0 Å². The predicted octanol–water partition coefficient (Wildman–Crippen LogP) is 4.38. The first-order valence-electron chi connectivity index (χ1n) is 15.7. The molecule has 0 radical (unpaired) electrons. The Hall–Kier alpha value is -4.11. The molecule has 0 aliphatic carbocycles. The fraction of sp³-hybridized carbons (Fsp3) is 0.606. The zero-order valence-corrected chi connectivity index (χ0v) is 27.1. The molecule has 0 spiro atoms. The fourth-order valence-corrected chi connectivity index (χ4v) is 6.11. The van der Waals surface area contributed by atoms with E-state index in [0.29, 0.717) is 39.2 Å². The molecule has 1 aromatic carbocycles. The van der Waals surface area contributed by atoms with Gasteiger partial charge in [-0.1, -0.05) is 30.3 Å². The lowest BCUT2D eigenvalue weighted by Crippen LogP contribution is -2.57. The Balaban J connectivity index is 1.38. The molecule has 12 heteroatoms. The third-order valence-electron chi connectivity index (χ3n) is 8.84. The first kappa shape index (κ1) is 32.3. The maximum absolute atomic E-state index is 13.1. The van der Waals surface area contributed by atoms with Gasteiger partial charge in [0.15, 0.2) is 0 Å². The van der Waals surface area contributed by atoms with Gasteiger partial charge in [-0.25, -0.2) is 16.2 Å². The van der Waals surface area contributed by atoms with Crippen LogP contribution in [0.1, 0.15) is 57.4 Å². The summed E-state index contributed by atoms with van der Waals surface area (Å²) in [5.74, 6) is 0.732. The molecule has 1 unspecified atom stereocenters. The molecule has 3 aliphatic rings. The van der Waals surface area contributed by atoms with E-state index in [1.165, 1.54) is 0 Å². The van der Waals surface area contributed by atoms with E-state index in [2.05, 4.69) is 28.6 Å². The van der Waals surface area contributed by atoms with Gasteiger partial charge in [0.1, 0.15) is 30.7 Å². The van der Waals surface area contributed by atoms with Gasteiger partial charge in [-0.05, 0) is 66.1 Å². The van der Waals surface area contributed by atoms with Crippen molar-refractivity contribution in [1.29, 1.82) is 0 Å². The summed E-state index contributed by atoms with van der Waals surface area (Å²) < 4.78 is 17.6. The van der Waals surface area contributed by atoms with Crippen molar-refractivity contribution in [3.8, 4) is 6.01 Å². The van der Waals surface area contributed by atoms with E-state index < -0.39 is 17.8 Å². The van der Waals surface area contributed by atoms with Gasteiger partial charge in [0.25, 0.3) is 0 Å². The predicted molar refractivity (Wildman–Crippen MR) is 169 cm³/mol. The zero-order chi connectivity index (χ0) is 32.2. The number of carbonyl (C=O) groups is 2. The number of likely N-dealkylation sites (tertiary alicyclic amines) is 1. The average Bonchev–Trinajstić information content (AvgIpc) is 3.35. The number of nitrogens with zero attached hydrogens (tertiary/aromatic N) is 7. The number of carbonyl (C=O) groups excluding carboxylic acids is 2. The second-order valence-corrected chi connectivity index (χ2v) is 13.4. The summed E-state index contributed by atoms with van der Waals surface area (Å²) in [5, 5.41) is 0. The molecule has 45 heavy (non-hydrogen) atoms. The number of hydrogen-bond donors (Lipinski definition) is 0. The second kappa shape index (κ2) is 13.5. The Morgan fingerprint density at radius 1 is 1.09 bits per heavy atom. The smallest absolute Gasteiger partial charge is 0.410 e. The minimum absolute atomic E-state index is 0.119. The summed E-state index contributed by atoms with van der Waals surface area (Å²) >= 11 is 0. The number of fused-ring (bicyclic) bond motifs is 1. The quantitative estimate of drug-likeness (QED) is 0.418. The molecular weight excluding hydrogens is 574 g/mol. The SMILES string of the molecule is [C-]#[N+]C[C@H]1CN(c2nc(OCC3(C)CCCN3C)nc3c2CCN(C(=O)OCc2ccccc2)C3)CCN1C(=O)OC(C)(C)C. The monoisotopic (exact) mass is 619 g/mol. The third-order valence-corrected chi connectivity index (χ3v) is 8.84. The first-order valence-corrected chi connectivity index (χ1v) is 15.7. The van der Waals surface area contributed by atoms with Crippen LogP contribution in [0, 0.1) is 6.57 Å². The molecule has 4 heterocycles. The summed E-state index contributed by atoms with van der Waals surface area (Å²) in [6.07, 6.45) is 1.87. The number of likely N-dealkylation sites (N-methyl/N-ethyl adjacent to an activating group) is 1. The molecule has 0 N–H and O–H groups in total. The summed E-state index contributed by atoms with van der Waals surface area (Å²) in [6, 6.07) is 9.51. The van der Waals surface area contributed by atoms with Crippen molar-refractivity contribution in [3.05, 3.63) is 58.6 Å². The molecule has 2 fully saturated rings. The Bertz CT molecular complexity index is 1410. The van der Waals surface area contributed by atoms with Crippen LogP contribution < -0.4 is 9.64 Å². The Kier molecular flexibility index (Phi) is 9.68. The van der Waals surface area contributed by atoms with Crippen molar-refractivity contribution < 1.29 is 23.8 Å². The van der Waals surface area contributed by atoms with Crippen molar-refractivity contribution >= 4 is 18.0 Å². The van der Waals surface area contributed by atoms with E-state index in [1.807, 2.05) is 51.1 Å². The Labute approximate surface area is 266 Å². The lowest BCUT2D eigenvalue weighted by Gasteiger charge is -2.41. The highest BCUT2D eigenvalue weighted by molar-refractivity contribution is 5.70. The van der Waals surface area contributed by atoms with E-state index in [4.69, 9.17) is 30.8 Å². The molecule has 2 saturated heterocycles. The Morgan fingerprint density at radius 3 is 2.56 bits per heavy atom. The van der Waals surface area contributed by atoms with Crippen molar-refractivity contribution in [2.75, 3.05) is 57.8 Å². The molecular formula is C33H45N7O5. The summed E-state index contributed by atoms with van der Waals surface area (Å²) in [6.45, 7) is 19.1. The van der Waals surface area contributed by atoms with Crippen LogP contribution in [0.3, 0.4) is 0 Å². The van der Waals surface area contributed by atoms with E-state index in [9.17, 15) is 9.59 Å². The number of anilines is 1. The minimum atomic E-state index is -0.632. The Morgan fingerprint density at radius 2 is 1.87 bits per heavy atom. The van der Waals surface area contributed by atoms with Crippen LogP contribution in [0.4, 0.5) is 15.4 Å². The van der Waals surface area contributed by atoms with Crippen LogP contribution in [0.25, 0.3) is 4.85 Å². The fourth-order valence-electron chi connectivity index (χ4n) is 6.11. The van der Waals surface area contributed by atoms with Gasteiger partial charge in [-0.2, -0.15) is 9.97 Å². The normalized spacial score (nSPS) is 22.0. The molecule has 0 bridgehead atoms. The number of amides is 2. The number of hydrogen-bond acceptors (Lipinski definition) is 9. The van der Waals surface area contributed by atoms with E-state index in [-0.39, 0.29) is 37.3 Å². The van der Waals surface area contributed by atoms with Crippen molar-refractivity contribution in [2.45, 2.75) is 77.3 Å². The van der Waals surface area contributed by atoms with Crippen molar-refractivity contribution in [2.24, 2.45) is 0 Å². The van der Waals surface area contributed by atoms with Crippen LogP contribution in [0.15, 0.2) is 30.3 Å². The number of ether oxygens (including phenoxy) is 3. The molecule has 5 rings (SSSR count). The van der Waals surface area contributed by atoms with Gasteiger partial charge in [0, 0.05) is 31.7 Å². The summed E-state index contributed by atoms with van der Waals surface area (Å²) in [4.78, 5) is 47.2. The lowest BCUT2D eigenvalue weighted by atomic mass is 10.0. The van der Waals surface area contributed by atoms with E-state index in [1.54, 1.807) is 9.80 Å². The van der Waals surface area contributed by atoms with Gasteiger partial charge in [-0.3, -0.25) is 9.80 Å². The number of benzene rings is 1. The van der Waals surface area contributed by atoms with Crippen LogP contribution in [0.2, 0.25) is 0 Å². The highest BCUT2D eigenvalue weighted by Crippen LogP contribution is 2.32. The molecule has 2 atom stereocenters. The van der Waals surface area contributed by atoms with Gasteiger partial charge in [-0.15, -0.1) is 0 Å². The highest BCUT2D eigenvalue weighted by Gasteiger charge is 2.39. The van der Waals surface area contributed by atoms with E-state index in [0.717, 1.165) is 42.0 Å². The van der Waals surface area contributed by atoms with Gasteiger partial charge < -0.3 is 28.9 Å². The molecule has 1 aromatic heterocycles. The van der Waals surface area contributed by atoms with Gasteiger partial charge >= 0.3 is 18.2 Å². The first-order chi connectivity index (χ1) is 21.5. The number of piperazine rings is 1. The van der Waals surface area contributed by atoms with Gasteiger partial charge in [0.2, 0.25) is 6.54 Å². The zero-order valence-electron chi connectivity index (χ0n) is 27.1. The van der Waals surface area contributed by atoms with Crippen LogP contribution in [0.5, 0.6) is 6.01 Å². The topological polar surface area (TPSA) is 105 Å². The molecule has 3 aliphatic heterocycles. The van der Waals surface area contributed by atoms with E-state index >= 15 is 0 Å². The van der Waals surface area contributed by atoms with Gasteiger partial charge in [0.05, 0.1) is 17.8 Å². The van der Waals surface area contributed by atoms with Crippen LogP contribution >= 0.6 is 0 Å². The van der Waals surface area contributed by atoms with Crippen LogP contribution in [-0.2, 0) is 29.0 Å². The molecule has 2 amide bonds.